The number of aliphatic hydroxyl groups excluding tert-OH is 1. The summed E-state index contributed by atoms with van der Waals surface area (Å²) in [6.07, 6.45) is -4.40. The number of carbonyl (C=O) groups is 3. The van der Waals surface area contributed by atoms with E-state index in [-0.39, 0.29) is 31.3 Å². The van der Waals surface area contributed by atoms with Crippen LogP contribution in [0.4, 0.5) is 8.78 Å². The van der Waals surface area contributed by atoms with Crippen molar-refractivity contribution in [3.8, 4) is 11.4 Å². The van der Waals surface area contributed by atoms with Crippen molar-refractivity contribution in [2.45, 2.75) is 63.6 Å². The number of carbonyl (C=O) groups excluding carboxylic acids is 3. The standard InChI is InChI=1S/C29H35F2N7O4/c1-17(2)25(39)29(42)38-16-21(19-6-4-3-5-7-19)14-23(38)28(41)33-22(15-24(30)31)27(40)32-13-12-18-8-10-20(11-9-18)26-34-36-37-35-26/h3-11,17,21-25,39H,12-16H2,1-2H3,(H,32,40)(H,33,41)(H,34,35,36,37)/t21-,22+,23+,25+/m1/s1. The van der Waals surface area contributed by atoms with Gasteiger partial charge in [-0.05, 0) is 35.1 Å². The van der Waals surface area contributed by atoms with Crippen molar-refractivity contribution < 1.29 is 28.3 Å². The monoisotopic (exact) mass is 583 g/mol. The zero-order chi connectivity index (χ0) is 30.2. The summed E-state index contributed by atoms with van der Waals surface area (Å²) >= 11 is 0. The molecular weight excluding hydrogens is 548 g/mol. The summed E-state index contributed by atoms with van der Waals surface area (Å²) in [5.41, 5.74) is 2.55. The summed E-state index contributed by atoms with van der Waals surface area (Å²) in [5.74, 6) is -2.20. The molecule has 0 saturated carbocycles. The van der Waals surface area contributed by atoms with Crippen LogP contribution in [0.3, 0.4) is 0 Å². The number of benzene rings is 2. The molecule has 3 amide bonds. The van der Waals surface area contributed by atoms with Gasteiger partial charge in [-0.1, -0.05) is 68.4 Å². The molecule has 0 radical (unpaired) electrons. The number of aromatic amines is 1. The average Bonchev–Trinajstić information content (AvgIpc) is 3.68. The van der Waals surface area contributed by atoms with E-state index in [1.165, 1.54) is 4.90 Å². The van der Waals surface area contributed by atoms with Gasteiger partial charge in [-0.3, -0.25) is 14.4 Å². The van der Waals surface area contributed by atoms with Crippen molar-refractivity contribution in [3.05, 3.63) is 65.7 Å². The Morgan fingerprint density at radius 3 is 2.43 bits per heavy atom. The minimum atomic E-state index is -2.85. The van der Waals surface area contributed by atoms with E-state index in [0.29, 0.717) is 12.2 Å². The number of aromatic nitrogens is 4. The molecule has 4 rings (SSSR count). The molecule has 4 atom stereocenters. The van der Waals surface area contributed by atoms with Gasteiger partial charge in [-0.2, -0.15) is 5.21 Å². The third kappa shape index (κ3) is 7.72. The van der Waals surface area contributed by atoms with Crippen molar-refractivity contribution in [2.75, 3.05) is 13.1 Å². The Kier molecular flexibility index (Phi) is 10.3. The first-order valence-corrected chi connectivity index (χ1v) is 13.9. The van der Waals surface area contributed by atoms with Gasteiger partial charge < -0.3 is 20.6 Å². The second-order valence-corrected chi connectivity index (χ2v) is 10.7. The normalized spacial score (nSPS) is 18.2. The maximum Gasteiger partial charge on any atom is 0.252 e. The molecule has 0 spiro atoms. The lowest BCUT2D eigenvalue weighted by molar-refractivity contribution is -0.147. The Morgan fingerprint density at radius 1 is 1.10 bits per heavy atom. The lowest BCUT2D eigenvalue weighted by atomic mass is 9.96. The Hall–Kier alpha value is -4.26. The van der Waals surface area contributed by atoms with Crippen LogP contribution >= 0.6 is 0 Å². The van der Waals surface area contributed by atoms with Crippen molar-refractivity contribution in [1.82, 2.24) is 36.2 Å². The number of halogens is 2. The van der Waals surface area contributed by atoms with Crippen LogP contribution in [0.5, 0.6) is 0 Å². The molecule has 1 aromatic heterocycles. The van der Waals surface area contributed by atoms with Crippen LogP contribution in [-0.4, -0.2) is 86.1 Å². The van der Waals surface area contributed by atoms with Gasteiger partial charge in [-0.25, -0.2) is 8.78 Å². The van der Waals surface area contributed by atoms with E-state index < -0.39 is 48.8 Å². The van der Waals surface area contributed by atoms with E-state index in [1.807, 2.05) is 42.5 Å². The maximum absolute atomic E-state index is 13.5. The number of alkyl halides is 2. The van der Waals surface area contributed by atoms with E-state index >= 15 is 0 Å². The molecule has 224 valence electrons. The Morgan fingerprint density at radius 2 is 1.81 bits per heavy atom. The Bertz CT molecular complexity index is 1320. The average molecular weight is 584 g/mol. The summed E-state index contributed by atoms with van der Waals surface area (Å²) < 4.78 is 26.9. The molecule has 1 aliphatic heterocycles. The van der Waals surface area contributed by atoms with Gasteiger partial charge in [-0.15, -0.1) is 10.2 Å². The van der Waals surface area contributed by atoms with Gasteiger partial charge in [0.2, 0.25) is 24.1 Å². The predicted octanol–water partition coefficient (Wildman–Crippen LogP) is 2.07. The highest BCUT2D eigenvalue weighted by molar-refractivity contribution is 5.93. The number of aliphatic hydroxyl groups is 1. The lowest BCUT2D eigenvalue weighted by Gasteiger charge is -2.28. The summed E-state index contributed by atoms with van der Waals surface area (Å²) in [6.45, 7) is 3.71. The van der Waals surface area contributed by atoms with Crippen LogP contribution < -0.4 is 10.6 Å². The Labute approximate surface area is 242 Å². The first kappa shape index (κ1) is 30.7. The second-order valence-electron chi connectivity index (χ2n) is 10.7. The van der Waals surface area contributed by atoms with E-state index in [2.05, 4.69) is 31.3 Å². The van der Waals surface area contributed by atoms with Gasteiger partial charge >= 0.3 is 0 Å². The highest BCUT2D eigenvalue weighted by atomic mass is 19.3. The van der Waals surface area contributed by atoms with Crippen molar-refractivity contribution in [2.24, 2.45) is 5.92 Å². The van der Waals surface area contributed by atoms with Gasteiger partial charge in [0.25, 0.3) is 5.91 Å². The third-order valence-electron chi connectivity index (χ3n) is 7.36. The summed E-state index contributed by atoms with van der Waals surface area (Å²) in [7, 11) is 0. The number of nitrogens with one attached hydrogen (secondary N) is 3. The third-order valence-corrected chi connectivity index (χ3v) is 7.36. The van der Waals surface area contributed by atoms with Crippen LogP contribution in [0.15, 0.2) is 54.6 Å². The molecule has 3 aromatic rings. The highest BCUT2D eigenvalue weighted by Gasteiger charge is 2.43. The smallest absolute Gasteiger partial charge is 0.252 e. The molecule has 0 aliphatic carbocycles. The molecule has 1 aliphatic rings. The van der Waals surface area contributed by atoms with Gasteiger partial charge in [0.1, 0.15) is 18.2 Å². The summed E-state index contributed by atoms with van der Waals surface area (Å²) in [4.78, 5) is 40.8. The fourth-order valence-corrected chi connectivity index (χ4v) is 4.99. The number of rotatable bonds is 12. The number of hydrogen-bond donors (Lipinski definition) is 4. The SMILES string of the molecule is CC(C)[C@H](O)C(=O)N1C[C@H](c2ccccc2)C[C@H]1C(=O)N[C@@H](CC(F)F)C(=O)NCCc1ccc(-c2nn[nH]n2)cc1. The van der Waals surface area contributed by atoms with Gasteiger partial charge in [0.15, 0.2) is 0 Å². The van der Waals surface area contributed by atoms with E-state index in [1.54, 1.807) is 26.0 Å². The lowest BCUT2D eigenvalue weighted by Crippen LogP contribution is -2.55. The zero-order valence-corrected chi connectivity index (χ0v) is 23.4. The molecule has 0 unspecified atom stereocenters. The van der Waals surface area contributed by atoms with E-state index in [4.69, 9.17) is 0 Å². The fourth-order valence-electron chi connectivity index (χ4n) is 4.99. The Balaban J connectivity index is 1.40. The predicted molar refractivity (Wildman–Crippen MR) is 149 cm³/mol. The zero-order valence-electron chi connectivity index (χ0n) is 23.4. The number of H-pyrrole nitrogens is 1. The van der Waals surface area contributed by atoms with E-state index in [9.17, 15) is 28.3 Å². The molecule has 2 aromatic carbocycles. The topological polar surface area (TPSA) is 153 Å². The largest absolute Gasteiger partial charge is 0.383 e. The number of hydrogen-bond acceptors (Lipinski definition) is 7. The molecule has 0 bridgehead atoms. The van der Waals surface area contributed by atoms with Crippen LogP contribution in [-0.2, 0) is 20.8 Å². The first-order chi connectivity index (χ1) is 20.1. The number of likely N-dealkylation sites (tertiary alicyclic amines) is 1. The molecule has 11 nitrogen and oxygen atoms in total. The molecule has 13 heteroatoms. The highest BCUT2D eigenvalue weighted by Crippen LogP contribution is 2.33. The van der Waals surface area contributed by atoms with E-state index in [0.717, 1.165) is 16.7 Å². The minimum absolute atomic E-state index is 0.153. The van der Waals surface area contributed by atoms with Crippen LogP contribution in [0.2, 0.25) is 0 Å². The van der Waals surface area contributed by atoms with Crippen molar-refractivity contribution in [3.63, 3.8) is 0 Å². The molecule has 42 heavy (non-hydrogen) atoms. The van der Waals surface area contributed by atoms with Gasteiger partial charge in [0.05, 0.1) is 0 Å². The van der Waals surface area contributed by atoms with Crippen LogP contribution in [0.25, 0.3) is 11.4 Å². The summed E-state index contributed by atoms with van der Waals surface area (Å²) in [6, 6.07) is 14.1. The second kappa shape index (κ2) is 14.1. The molecule has 1 saturated heterocycles. The maximum atomic E-state index is 13.5. The molecule has 2 heterocycles. The van der Waals surface area contributed by atoms with Crippen molar-refractivity contribution in [1.29, 1.82) is 0 Å². The summed E-state index contributed by atoms with van der Waals surface area (Å²) in [5, 5.41) is 29.3. The van der Waals surface area contributed by atoms with Crippen LogP contribution in [0.1, 0.15) is 43.7 Å². The fraction of sp³-hybridized carbons (Fsp3) is 0.448. The first-order valence-electron chi connectivity index (χ1n) is 13.9. The number of tetrazole rings is 1. The van der Waals surface area contributed by atoms with Gasteiger partial charge in [0, 0.05) is 31.0 Å². The molecule has 1 fully saturated rings. The van der Waals surface area contributed by atoms with Crippen LogP contribution in [0, 0.1) is 5.92 Å². The minimum Gasteiger partial charge on any atom is -0.383 e. The molecule has 4 N–H and O–H groups in total. The molecular formula is C29H35F2N7O4. The number of nitrogens with zero attached hydrogens (tertiary/aromatic N) is 4. The quantitative estimate of drug-likeness (QED) is 0.255. The van der Waals surface area contributed by atoms with Crippen molar-refractivity contribution >= 4 is 17.7 Å². The number of amides is 3.